The number of benzene rings is 2. The van der Waals surface area contributed by atoms with E-state index in [1.54, 1.807) is 29.2 Å². The Balaban J connectivity index is 2.16. The first-order valence-corrected chi connectivity index (χ1v) is 13.2. The first-order chi connectivity index (χ1) is 17.2. The van der Waals surface area contributed by atoms with E-state index < -0.39 is 35.7 Å². The van der Waals surface area contributed by atoms with Gasteiger partial charge in [-0.25, -0.2) is 0 Å². The molecule has 0 saturated carbocycles. The highest BCUT2D eigenvalue weighted by molar-refractivity contribution is 6.30. The lowest BCUT2D eigenvalue weighted by molar-refractivity contribution is -0.256. The molecule has 5 atom stereocenters. The molecule has 1 saturated heterocycles. The van der Waals surface area contributed by atoms with E-state index in [4.69, 9.17) is 23.2 Å². The molecule has 1 aliphatic heterocycles. The van der Waals surface area contributed by atoms with Gasteiger partial charge in [0.15, 0.2) is 5.60 Å². The Hall–Kier alpha value is -2.02. The van der Waals surface area contributed by atoms with Crippen LogP contribution in [0, 0.1) is 5.41 Å². The lowest BCUT2D eigenvalue weighted by Crippen LogP contribution is -2.56. The van der Waals surface area contributed by atoms with Crippen molar-refractivity contribution < 1.29 is 23.1 Å². The number of nitrogens with zero attached hydrogens (tertiary/aromatic N) is 1. The molecule has 2 aromatic rings. The average Bonchev–Trinajstić information content (AvgIpc) is 2.82. The van der Waals surface area contributed by atoms with Crippen molar-refractivity contribution in [2.45, 2.75) is 82.7 Å². The zero-order chi connectivity index (χ0) is 27.6. The molecule has 0 unspecified atom stereocenters. The molecule has 0 aliphatic carbocycles. The smallest absolute Gasteiger partial charge is 0.381 e. The van der Waals surface area contributed by atoms with Crippen molar-refractivity contribution in [2.24, 2.45) is 5.41 Å². The van der Waals surface area contributed by atoms with Crippen molar-refractivity contribution in [3.63, 3.8) is 0 Å². The van der Waals surface area contributed by atoms with Crippen LogP contribution in [0.15, 0.2) is 61.2 Å². The second-order valence-electron chi connectivity index (χ2n) is 10.5. The highest BCUT2D eigenvalue weighted by Gasteiger charge is 2.53. The van der Waals surface area contributed by atoms with Crippen LogP contribution < -0.4 is 0 Å². The molecule has 8 heteroatoms. The molecule has 0 bridgehead atoms. The van der Waals surface area contributed by atoms with Crippen LogP contribution in [0.1, 0.15) is 76.0 Å². The molecule has 2 aromatic carbocycles. The predicted molar refractivity (Wildman–Crippen MR) is 143 cm³/mol. The van der Waals surface area contributed by atoms with Gasteiger partial charge in [-0.1, -0.05) is 67.4 Å². The van der Waals surface area contributed by atoms with E-state index in [1.165, 1.54) is 0 Å². The lowest BCUT2D eigenvalue weighted by atomic mass is 9.67. The van der Waals surface area contributed by atoms with Crippen LogP contribution >= 0.6 is 23.2 Å². The van der Waals surface area contributed by atoms with E-state index in [0.29, 0.717) is 29.3 Å². The molecule has 1 amide bonds. The quantitative estimate of drug-likeness (QED) is 0.315. The number of rotatable bonds is 9. The number of likely N-dealkylation sites (tertiary alicyclic amines) is 1. The van der Waals surface area contributed by atoms with Gasteiger partial charge < -0.3 is 10.0 Å². The zero-order valence-electron chi connectivity index (χ0n) is 21.4. The summed E-state index contributed by atoms with van der Waals surface area (Å²) in [4.78, 5) is 16.0. The van der Waals surface area contributed by atoms with Crippen molar-refractivity contribution in [3.05, 3.63) is 82.4 Å². The molecular weight excluding hydrogens is 522 g/mol. The van der Waals surface area contributed by atoms with Gasteiger partial charge in [0.25, 0.3) is 0 Å². The third kappa shape index (κ3) is 6.35. The third-order valence-corrected chi connectivity index (χ3v) is 8.11. The summed E-state index contributed by atoms with van der Waals surface area (Å²) in [6, 6.07) is 13.7. The minimum atomic E-state index is -4.77. The number of piperidine rings is 1. The van der Waals surface area contributed by atoms with Crippen LogP contribution in [-0.2, 0) is 4.79 Å². The molecule has 0 radical (unpaired) electrons. The SMILES string of the molecule is C=CC[C@@]1(C)C[C@H](c2cccc(Cl)c2)[C@@H](c2ccc(Cl)cc2)N([C@@H](CC)CC[C@@](C)(O)C(F)(F)F)C1=O. The summed E-state index contributed by atoms with van der Waals surface area (Å²) < 4.78 is 40.4. The van der Waals surface area contributed by atoms with Crippen LogP contribution in [0.4, 0.5) is 13.2 Å². The Morgan fingerprint density at radius 2 is 1.81 bits per heavy atom. The molecular formula is C29H34Cl2F3NO2. The van der Waals surface area contributed by atoms with Gasteiger partial charge >= 0.3 is 6.18 Å². The summed E-state index contributed by atoms with van der Waals surface area (Å²) >= 11 is 12.5. The minimum absolute atomic E-state index is 0.00866. The fraction of sp³-hybridized carbons (Fsp3) is 0.483. The maximum atomic E-state index is 14.2. The van der Waals surface area contributed by atoms with Gasteiger partial charge in [-0.3, -0.25) is 4.79 Å². The number of carbonyl (C=O) groups is 1. The second kappa shape index (κ2) is 11.4. The fourth-order valence-corrected chi connectivity index (χ4v) is 5.74. The Morgan fingerprint density at radius 3 is 2.35 bits per heavy atom. The zero-order valence-corrected chi connectivity index (χ0v) is 22.9. The molecule has 202 valence electrons. The third-order valence-electron chi connectivity index (χ3n) is 7.62. The molecule has 3 rings (SSSR count). The van der Waals surface area contributed by atoms with Gasteiger partial charge in [-0.2, -0.15) is 13.2 Å². The van der Waals surface area contributed by atoms with Crippen molar-refractivity contribution in [1.82, 2.24) is 4.90 Å². The standard InChI is InChI=1S/C29H34Cl2F3NO2/c1-5-15-27(3)18-24(20-8-7-9-22(31)17-20)25(19-10-12-21(30)13-11-19)35(26(27)36)23(6-2)14-16-28(4,37)29(32,33)34/h5,7-13,17,23-25,37H,1,6,14-16,18H2,2-4H3/t23-,24+,25+,27-,28+/m0/s1. The van der Waals surface area contributed by atoms with Crippen molar-refractivity contribution in [2.75, 3.05) is 0 Å². The minimum Gasteiger partial charge on any atom is -0.381 e. The number of amides is 1. The number of hydrogen-bond acceptors (Lipinski definition) is 2. The molecule has 1 heterocycles. The number of halogens is 5. The number of alkyl halides is 3. The van der Waals surface area contributed by atoms with Gasteiger partial charge in [0, 0.05) is 22.0 Å². The van der Waals surface area contributed by atoms with Crippen molar-refractivity contribution in [1.29, 1.82) is 0 Å². The van der Waals surface area contributed by atoms with E-state index in [-0.39, 0.29) is 18.2 Å². The van der Waals surface area contributed by atoms with E-state index in [1.807, 2.05) is 44.2 Å². The molecule has 37 heavy (non-hydrogen) atoms. The molecule has 1 N–H and O–H groups in total. The van der Waals surface area contributed by atoms with E-state index in [9.17, 15) is 23.1 Å². The van der Waals surface area contributed by atoms with E-state index in [0.717, 1.165) is 18.1 Å². The first-order valence-electron chi connectivity index (χ1n) is 12.5. The number of allylic oxidation sites excluding steroid dienone is 1. The van der Waals surface area contributed by atoms with Crippen LogP contribution in [0.5, 0.6) is 0 Å². The summed E-state index contributed by atoms with van der Waals surface area (Å²) in [5.74, 6) is -0.316. The monoisotopic (exact) mass is 555 g/mol. The summed E-state index contributed by atoms with van der Waals surface area (Å²) in [5, 5.41) is 11.3. The Kier molecular flexibility index (Phi) is 9.09. The molecule has 1 aliphatic rings. The van der Waals surface area contributed by atoms with Gasteiger partial charge in [0.2, 0.25) is 5.91 Å². The van der Waals surface area contributed by atoms with Crippen LogP contribution in [0.3, 0.4) is 0 Å². The summed E-state index contributed by atoms with van der Waals surface area (Å²) in [6.45, 7) is 8.38. The van der Waals surface area contributed by atoms with Crippen molar-refractivity contribution in [3.8, 4) is 0 Å². The van der Waals surface area contributed by atoms with E-state index >= 15 is 0 Å². The largest absolute Gasteiger partial charge is 0.416 e. The Labute approximate surface area is 227 Å². The normalized spacial score (nSPS) is 25.0. The summed E-state index contributed by atoms with van der Waals surface area (Å²) in [5.41, 5.74) is -1.88. The van der Waals surface area contributed by atoms with Gasteiger partial charge in [-0.15, -0.1) is 6.58 Å². The maximum Gasteiger partial charge on any atom is 0.416 e. The highest BCUT2D eigenvalue weighted by Crippen LogP contribution is 2.53. The summed E-state index contributed by atoms with van der Waals surface area (Å²) in [6.07, 6.45) is -2.23. The first kappa shape index (κ1) is 29.5. The Bertz CT molecular complexity index is 1100. The van der Waals surface area contributed by atoms with Gasteiger partial charge in [0.1, 0.15) is 0 Å². The van der Waals surface area contributed by atoms with Crippen LogP contribution in [0.2, 0.25) is 10.0 Å². The highest BCUT2D eigenvalue weighted by atomic mass is 35.5. The molecule has 0 spiro atoms. The molecule has 0 aromatic heterocycles. The predicted octanol–water partition coefficient (Wildman–Crippen LogP) is 8.51. The van der Waals surface area contributed by atoms with Crippen LogP contribution in [0.25, 0.3) is 0 Å². The number of carbonyl (C=O) groups excluding carboxylic acids is 1. The second-order valence-corrected chi connectivity index (χ2v) is 11.4. The van der Waals surface area contributed by atoms with Crippen LogP contribution in [-0.4, -0.2) is 33.7 Å². The molecule has 1 fully saturated rings. The number of aliphatic hydroxyl groups is 1. The number of hydrogen-bond donors (Lipinski definition) is 1. The topological polar surface area (TPSA) is 40.5 Å². The van der Waals surface area contributed by atoms with Gasteiger partial charge in [-0.05, 0) is 74.4 Å². The Morgan fingerprint density at radius 1 is 1.16 bits per heavy atom. The summed E-state index contributed by atoms with van der Waals surface area (Å²) in [7, 11) is 0. The molecule has 3 nitrogen and oxygen atoms in total. The lowest BCUT2D eigenvalue weighted by Gasteiger charge is -2.52. The van der Waals surface area contributed by atoms with Gasteiger partial charge in [0.05, 0.1) is 11.5 Å². The fourth-order valence-electron chi connectivity index (χ4n) is 5.42. The average molecular weight is 556 g/mol. The van der Waals surface area contributed by atoms with E-state index in [2.05, 4.69) is 6.58 Å². The maximum absolute atomic E-state index is 14.2. The van der Waals surface area contributed by atoms with Crippen molar-refractivity contribution >= 4 is 29.1 Å².